The Balaban J connectivity index is 1.40. The number of aromatic amines is 1. The molecule has 0 bridgehead atoms. The molecule has 3 aromatic heterocycles. The minimum Gasteiger partial charge on any atom is -0.467 e. The average molecular weight is 514 g/mol. The Morgan fingerprint density at radius 1 is 1.05 bits per heavy atom. The van der Waals surface area contributed by atoms with Crippen LogP contribution in [0.5, 0.6) is 0 Å². The van der Waals surface area contributed by atoms with Gasteiger partial charge in [0.05, 0.1) is 12.0 Å². The molecule has 9 nitrogen and oxygen atoms in total. The van der Waals surface area contributed by atoms with E-state index in [2.05, 4.69) is 38.4 Å². The number of aryl methyl sites for hydroxylation is 1. The van der Waals surface area contributed by atoms with Crippen molar-refractivity contribution < 1.29 is 8.81 Å². The monoisotopic (exact) mass is 513 g/mol. The van der Waals surface area contributed by atoms with Gasteiger partial charge in [0.2, 0.25) is 0 Å². The summed E-state index contributed by atoms with van der Waals surface area (Å²) in [6.45, 7) is 4.84. The summed E-state index contributed by atoms with van der Waals surface area (Å²) >= 11 is 0. The first-order valence-electron chi connectivity index (χ1n) is 12.8. The minimum atomic E-state index is -0.499. The number of halogens is 1. The number of piperazine rings is 1. The summed E-state index contributed by atoms with van der Waals surface area (Å²) < 4.78 is 21.7. The molecule has 38 heavy (non-hydrogen) atoms. The molecular weight excluding hydrogens is 485 g/mol. The number of pyridine rings is 1. The Kier molecular flexibility index (Phi) is 6.47. The van der Waals surface area contributed by atoms with Crippen molar-refractivity contribution in [2.24, 2.45) is 0 Å². The smallest absolute Gasteiger partial charge is 0.253 e. The highest BCUT2D eigenvalue weighted by molar-refractivity contribution is 5.80. The van der Waals surface area contributed by atoms with E-state index in [1.807, 2.05) is 41.3 Å². The van der Waals surface area contributed by atoms with E-state index in [-0.39, 0.29) is 11.4 Å². The van der Waals surface area contributed by atoms with Gasteiger partial charge in [0.1, 0.15) is 24.2 Å². The number of nitrogens with zero attached hydrogens (tertiary/aromatic N) is 6. The van der Waals surface area contributed by atoms with Crippen molar-refractivity contribution in [1.29, 1.82) is 0 Å². The topological polar surface area (TPSA) is 96.1 Å². The molecule has 4 heterocycles. The van der Waals surface area contributed by atoms with Crippen LogP contribution in [0.1, 0.15) is 35.7 Å². The molecule has 0 aliphatic carbocycles. The molecule has 1 N–H and O–H groups in total. The molecule has 0 saturated carbocycles. The van der Waals surface area contributed by atoms with E-state index in [0.29, 0.717) is 55.6 Å². The summed E-state index contributed by atoms with van der Waals surface area (Å²) in [6, 6.07) is 18.0. The number of hydrogen-bond donors (Lipinski definition) is 1. The number of furan rings is 1. The number of hydrogen-bond acceptors (Lipinski definition) is 7. The number of rotatable bonds is 7. The van der Waals surface area contributed by atoms with Crippen LogP contribution >= 0.6 is 0 Å². The van der Waals surface area contributed by atoms with Crippen LogP contribution in [0.4, 0.5) is 10.1 Å². The minimum absolute atomic E-state index is 0.184. The number of H-pyrrole nitrogens is 1. The lowest BCUT2D eigenvalue weighted by molar-refractivity contribution is 0.199. The van der Waals surface area contributed by atoms with Gasteiger partial charge in [-0.05, 0) is 70.3 Å². The van der Waals surface area contributed by atoms with E-state index in [0.717, 1.165) is 17.3 Å². The van der Waals surface area contributed by atoms with Crippen LogP contribution in [0.2, 0.25) is 0 Å². The highest BCUT2D eigenvalue weighted by atomic mass is 19.1. The van der Waals surface area contributed by atoms with Crippen molar-refractivity contribution in [1.82, 2.24) is 30.1 Å². The predicted octanol–water partition coefficient (Wildman–Crippen LogP) is 3.77. The molecule has 10 heteroatoms. The van der Waals surface area contributed by atoms with E-state index in [9.17, 15) is 9.18 Å². The lowest BCUT2D eigenvalue weighted by Crippen LogP contribution is -2.49. The maximum atomic E-state index is 14.5. The molecule has 1 aliphatic rings. The van der Waals surface area contributed by atoms with Gasteiger partial charge in [-0.1, -0.05) is 25.1 Å². The zero-order chi connectivity index (χ0) is 26.1. The average Bonchev–Trinajstić information content (AvgIpc) is 3.62. The van der Waals surface area contributed by atoms with Gasteiger partial charge in [0.15, 0.2) is 5.82 Å². The molecule has 6 rings (SSSR count). The van der Waals surface area contributed by atoms with E-state index in [1.54, 1.807) is 23.1 Å². The molecule has 2 aromatic carbocycles. The second kappa shape index (κ2) is 10.2. The van der Waals surface area contributed by atoms with Gasteiger partial charge in [0, 0.05) is 37.3 Å². The third-order valence-corrected chi connectivity index (χ3v) is 7.20. The first kappa shape index (κ1) is 24.1. The normalized spacial score (nSPS) is 15.3. The third-order valence-electron chi connectivity index (χ3n) is 7.20. The van der Waals surface area contributed by atoms with E-state index < -0.39 is 6.04 Å². The quantitative estimate of drug-likeness (QED) is 0.354. The van der Waals surface area contributed by atoms with Crippen LogP contribution in [0.3, 0.4) is 0 Å². The molecule has 1 atom stereocenters. The Bertz CT molecular complexity index is 1600. The first-order chi connectivity index (χ1) is 18.6. The summed E-state index contributed by atoms with van der Waals surface area (Å²) in [5.41, 5.74) is 2.95. The van der Waals surface area contributed by atoms with Crippen LogP contribution in [-0.2, 0) is 13.0 Å². The number of para-hydroxylation sites is 1. The lowest BCUT2D eigenvalue weighted by atomic mass is 10.0. The number of fused-ring (bicyclic) bond motifs is 1. The Morgan fingerprint density at radius 3 is 2.66 bits per heavy atom. The Morgan fingerprint density at radius 2 is 1.89 bits per heavy atom. The zero-order valence-corrected chi connectivity index (χ0v) is 21.0. The number of nitrogens with one attached hydrogen (secondary N) is 1. The Hall–Kier alpha value is -4.31. The van der Waals surface area contributed by atoms with Crippen molar-refractivity contribution in [3.8, 4) is 0 Å². The van der Waals surface area contributed by atoms with Gasteiger partial charge < -0.3 is 14.3 Å². The zero-order valence-electron chi connectivity index (χ0n) is 21.0. The summed E-state index contributed by atoms with van der Waals surface area (Å²) in [5, 5.41) is 13.5. The van der Waals surface area contributed by atoms with Crippen molar-refractivity contribution >= 4 is 16.6 Å². The summed E-state index contributed by atoms with van der Waals surface area (Å²) in [5.74, 6) is 1.02. The van der Waals surface area contributed by atoms with Gasteiger partial charge in [-0.25, -0.2) is 9.07 Å². The van der Waals surface area contributed by atoms with Crippen molar-refractivity contribution in [2.75, 3.05) is 31.1 Å². The predicted molar refractivity (Wildman–Crippen MR) is 142 cm³/mol. The van der Waals surface area contributed by atoms with Crippen molar-refractivity contribution in [3.05, 3.63) is 106 Å². The number of benzene rings is 2. The highest BCUT2D eigenvalue weighted by Crippen LogP contribution is 2.30. The molecule has 0 amide bonds. The molecule has 0 spiro atoms. The first-order valence-corrected chi connectivity index (χ1v) is 12.8. The number of aromatic nitrogens is 5. The maximum Gasteiger partial charge on any atom is 0.253 e. The van der Waals surface area contributed by atoms with Crippen LogP contribution in [0, 0.1) is 5.82 Å². The van der Waals surface area contributed by atoms with Crippen LogP contribution in [0.25, 0.3) is 10.9 Å². The Labute approximate surface area is 218 Å². The fraction of sp³-hybridized carbons (Fsp3) is 0.286. The SMILES string of the molecule is CCc1ccc2[nH]c(=O)c([C@H](c3nnnn3Cc3ccco3)N3CCN(c4ccccc4F)CC3)cc2c1. The molecule has 0 radical (unpaired) electrons. The largest absolute Gasteiger partial charge is 0.467 e. The molecule has 5 aromatic rings. The maximum absolute atomic E-state index is 14.5. The molecule has 1 aliphatic heterocycles. The lowest BCUT2D eigenvalue weighted by Gasteiger charge is -2.39. The number of anilines is 1. The van der Waals surface area contributed by atoms with Gasteiger partial charge >= 0.3 is 0 Å². The molecule has 194 valence electrons. The fourth-order valence-electron chi connectivity index (χ4n) is 5.19. The molecule has 0 unspecified atom stereocenters. The molecular formula is C28H28FN7O2. The van der Waals surface area contributed by atoms with Gasteiger partial charge in [-0.3, -0.25) is 9.69 Å². The second-order valence-corrected chi connectivity index (χ2v) is 9.48. The standard InChI is InChI=1S/C28H28FN7O2/c1-2-19-9-10-24-20(16-19)17-22(28(37)30-24)26(27-31-32-33-36(27)18-21-6-5-15-38-21)35-13-11-34(12-14-35)25-8-4-3-7-23(25)29/h3-10,15-17,26H,2,11-14,18H2,1H3,(H,30,37)/t26-/m1/s1. The molecule has 1 fully saturated rings. The third kappa shape index (κ3) is 4.58. The van der Waals surface area contributed by atoms with E-state index in [1.165, 1.54) is 11.6 Å². The van der Waals surface area contributed by atoms with Crippen LogP contribution in [0.15, 0.2) is 76.1 Å². The van der Waals surface area contributed by atoms with Gasteiger partial charge in [-0.15, -0.1) is 5.10 Å². The van der Waals surface area contributed by atoms with Crippen molar-refractivity contribution in [2.45, 2.75) is 25.9 Å². The second-order valence-electron chi connectivity index (χ2n) is 9.48. The van der Waals surface area contributed by atoms with Crippen molar-refractivity contribution in [3.63, 3.8) is 0 Å². The summed E-state index contributed by atoms with van der Waals surface area (Å²) in [7, 11) is 0. The van der Waals surface area contributed by atoms with Crippen LogP contribution < -0.4 is 10.5 Å². The molecule has 1 saturated heterocycles. The van der Waals surface area contributed by atoms with Gasteiger partial charge in [-0.2, -0.15) is 0 Å². The summed E-state index contributed by atoms with van der Waals surface area (Å²) in [4.78, 5) is 20.8. The fourth-order valence-corrected chi connectivity index (χ4v) is 5.19. The number of tetrazole rings is 1. The summed E-state index contributed by atoms with van der Waals surface area (Å²) in [6.07, 6.45) is 2.51. The highest BCUT2D eigenvalue weighted by Gasteiger charge is 2.33. The van der Waals surface area contributed by atoms with Gasteiger partial charge in [0.25, 0.3) is 5.56 Å². The van der Waals surface area contributed by atoms with Crippen LogP contribution in [-0.4, -0.2) is 56.3 Å². The van der Waals surface area contributed by atoms with E-state index >= 15 is 0 Å². The van der Waals surface area contributed by atoms with E-state index in [4.69, 9.17) is 4.42 Å².